The minimum atomic E-state index is 0.272. The van der Waals surface area contributed by atoms with E-state index in [0.29, 0.717) is 0 Å². The van der Waals surface area contributed by atoms with Crippen molar-refractivity contribution < 1.29 is 4.42 Å². The fourth-order valence-corrected chi connectivity index (χ4v) is 3.04. The number of aryl methyl sites for hydroxylation is 1. The summed E-state index contributed by atoms with van der Waals surface area (Å²) in [6.07, 6.45) is 3.48. The van der Waals surface area contributed by atoms with E-state index in [2.05, 4.69) is 61.6 Å². The summed E-state index contributed by atoms with van der Waals surface area (Å²) in [5, 5.41) is 3.68. The van der Waals surface area contributed by atoms with Crippen molar-refractivity contribution in [1.29, 1.82) is 0 Å². The molecule has 3 aromatic rings. The second kappa shape index (κ2) is 7.87. The lowest BCUT2D eigenvalue weighted by molar-refractivity contribution is 0.533. The second-order valence-electron chi connectivity index (χ2n) is 6.19. The fraction of sp³-hybridized carbons (Fsp3) is 0.273. The highest BCUT2D eigenvalue weighted by atomic mass is 16.3. The van der Waals surface area contributed by atoms with E-state index in [4.69, 9.17) is 4.42 Å². The molecule has 0 aliphatic carbocycles. The molecule has 2 heteroatoms. The average molecular weight is 319 g/mol. The molecule has 0 amide bonds. The van der Waals surface area contributed by atoms with Crippen LogP contribution in [0.5, 0.6) is 0 Å². The molecule has 3 rings (SSSR count). The van der Waals surface area contributed by atoms with E-state index in [1.807, 2.05) is 24.3 Å². The molecular formula is C22H25NO. The van der Waals surface area contributed by atoms with Crippen molar-refractivity contribution in [2.75, 3.05) is 5.32 Å². The van der Waals surface area contributed by atoms with Crippen molar-refractivity contribution in [3.8, 4) is 11.3 Å². The fourth-order valence-electron chi connectivity index (χ4n) is 3.04. The van der Waals surface area contributed by atoms with Crippen LogP contribution in [-0.4, -0.2) is 0 Å². The Morgan fingerprint density at radius 1 is 0.958 bits per heavy atom. The number of hydrogen-bond donors (Lipinski definition) is 1. The van der Waals surface area contributed by atoms with Crippen molar-refractivity contribution in [2.45, 2.75) is 39.2 Å². The summed E-state index contributed by atoms with van der Waals surface area (Å²) in [5.41, 5.74) is 3.53. The molecule has 2 nitrogen and oxygen atoms in total. The van der Waals surface area contributed by atoms with Gasteiger partial charge in [-0.25, -0.2) is 0 Å². The van der Waals surface area contributed by atoms with E-state index >= 15 is 0 Å². The van der Waals surface area contributed by atoms with Crippen molar-refractivity contribution in [2.24, 2.45) is 0 Å². The van der Waals surface area contributed by atoms with E-state index < -0.39 is 0 Å². The molecule has 0 aliphatic heterocycles. The standard InChI is InChI=1S/C22H25NO/c1-3-4-15-21(23-19-13-9-6-10-14-19)20-16-22(24-17(20)2)18-11-7-5-8-12-18/h5-14,16,21,23H,3-4,15H2,1-2H3. The molecule has 124 valence electrons. The zero-order chi connectivity index (χ0) is 16.8. The Labute approximate surface area is 144 Å². The number of benzene rings is 2. The van der Waals surface area contributed by atoms with Gasteiger partial charge in [0.1, 0.15) is 11.5 Å². The Kier molecular flexibility index (Phi) is 5.37. The van der Waals surface area contributed by atoms with Crippen LogP contribution in [0.1, 0.15) is 43.6 Å². The Balaban J connectivity index is 1.88. The van der Waals surface area contributed by atoms with Crippen LogP contribution in [0.2, 0.25) is 0 Å². The molecule has 0 saturated carbocycles. The second-order valence-corrected chi connectivity index (χ2v) is 6.19. The number of unbranched alkanes of at least 4 members (excludes halogenated alkanes) is 1. The summed E-state index contributed by atoms with van der Waals surface area (Å²) in [6.45, 7) is 4.30. The van der Waals surface area contributed by atoms with Gasteiger partial charge in [-0.3, -0.25) is 0 Å². The maximum Gasteiger partial charge on any atom is 0.134 e. The molecule has 1 N–H and O–H groups in total. The molecule has 1 heterocycles. The average Bonchev–Trinajstić information content (AvgIpc) is 3.02. The first kappa shape index (κ1) is 16.4. The largest absolute Gasteiger partial charge is 0.461 e. The third kappa shape index (κ3) is 3.88. The maximum absolute atomic E-state index is 6.06. The quantitative estimate of drug-likeness (QED) is 0.531. The summed E-state index contributed by atoms with van der Waals surface area (Å²) < 4.78 is 6.06. The molecule has 0 fully saturated rings. The number of nitrogens with one attached hydrogen (secondary N) is 1. The lowest BCUT2D eigenvalue weighted by atomic mass is 10.00. The first-order chi connectivity index (χ1) is 11.8. The highest BCUT2D eigenvalue weighted by molar-refractivity contribution is 5.59. The minimum absolute atomic E-state index is 0.272. The zero-order valence-electron chi connectivity index (χ0n) is 14.5. The van der Waals surface area contributed by atoms with Crippen LogP contribution < -0.4 is 5.32 Å². The van der Waals surface area contributed by atoms with Gasteiger partial charge in [0.2, 0.25) is 0 Å². The summed E-state index contributed by atoms with van der Waals surface area (Å²) in [7, 11) is 0. The number of para-hydroxylation sites is 1. The SMILES string of the molecule is CCCCC(Nc1ccccc1)c1cc(-c2ccccc2)oc1C. The minimum Gasteiger partial charge on any atom is -0.461 e. The van der Waals surface area contributed by atoms with Crippen LogP contribution in [0, 0.1) is 6.92 Å². The molecule has 0 saturated heterocycles. The van der Waals surface area contributed by atoms with Crippen LogP contribution in [0.3, 0.4) is 0 Å². The van der Waals surface area contributed by atoms with Crippen molar-refractivity contribution >= 4 is 5.69 Å². The highest BCUT2D eigenvalue weighted by Gasteiger charge is 2.18. The summed E-state index contributed by atoms with van der Waals surface area (Å²) in [5.74, 6) is 1.94. The smallest absolute Gasteiger partial charge is 0.134 e. The first-order valence-corrected chi connectivity index (χ1v) is 8.75. The normalized spacial score (nSPS) is 12.1. The van der Waals surface area contributed by atoms with Gasteiger partial charge in [0.25, 0.3) is 0 Å². The predicted octanol–water partition coefficient (Wildman–Crippen LogP) is 6.60. The molecule has 0 bridgehead atoms. The lowest BCUT2D eigenvalue weighted by Crippen LogP contribution is -2.11. The van der Waals surface area contributed by atoms with Crippen LogP contribution >= 0.6 is 0 Å². The van der Waals surface area contributed by atoms with Gasteiger partial charge in [0.15, 0.2) is 0 Å². The molecule has 0 aliphatic rings. The molecule has 0 radical (unpaired) electrons. The van der Waals surface area contributed by atoms with E-state index in [1.54, 1.807) is 0 Å². The lowest BCUT2D eigenvalue weighted by Gasteiger charge is -2.19. The van der Waals surface area contributed by atoms with Gasteiger partial charge in [-0.1, -0.05) is 68.3 Å². The number of rotatable bonds is 7. The Morgan fingerprint density at radius 3 is 2.29 bits per heavy atom. The summed E-state index contributed by atoms with van der Waals surface area (Å²) in [4.78, 5) is 0. The van der Waals surface area contributed by atoms with E-state index in [-0.39, 0.29) is 6.04 Å². The zero-order valence-corrected chi connectivity index (χ0v) is 14.5. The maximum atomic E-state index is 6.06. The Bertz CT molecular complexity index is 746. The number of furan rings is 1. The van der Waals surface area contributed by atoms with Gasteiger partial charge in [-0.15, -0.1) is 0 Å². The molecule has 1 atom stereocenters. The van der Waals surface area contributed by atoms with Gasteiger partial charge in [-0.05, 0) is 31.5 Å². The van der Waals surface area contributed by atoms with Gasteiger partial charge < -0.3 is 9.73 Å². The third-order valence-corrected chi connectivity index (χ3v) is 4.35. The molecular weight excluding hydrogens is 294 g/mol. The molecule has 1 aromatic heterocycles. The third-order valence-electron chi connectivity index (χ3n) is 4.35. The van der Waals surface area contributed by atoms with Crippen LogP contribution in [-0.2, 0) is 0 Å². The first-order valence-electron chi connectivity index (χ1n) is 8.75. The van der Waals surface area contributed by atoms with Gasteiger partial charge >= 0.3 is 0 Å². The topological polar surface area (TPSA) is 25.2 Å². The van der Waals surface area contributed by atoms with Crippen molar-refractivity contribution in [1.82, 2.24) is 0 Å². The van der Waals surface area contributed by atoms with E-state index in [1.165, 1.54) is 18.4 Å². The monoisotopic (exact) mass is 319 g/mol. The molecule has 1 unspecified atom stereocenters. The number of hydrogen-bond acceptors (Lipinski definition) is 2. The van der Waals surface area contributed by atoms with Gasteiger partial charge in [-0.2, -0.15) is 0 Å². The van der Waals surface area contributed by atoms with Crippen LogP contribution in [0.4, 0.5) is 5.69 Å². The summed E-state index contributed by atoms with van der Waals surface area (Å²) in [6, 6.07) is 23.2. The summed E-state index contributed by atoms with van der Waals surface area (Å²) >= 11 is 0. The predicted molar refractivity (Wildman–Crippen MR) is 101 cm³/mol. The highest BCUT2D eigenvalue weighted by Crippen LogP contribution is 2.33. The molecule has 24 heavy (non-hydrogen) atoms. The van der Waals surface area contributed by atoms with Crippen molar-refractivity contribution in [3.63, 3.8) is 0 Å². The molecule has 0 spiro atoms. The Hall–Kier alpha value is -2.48. The number of anilines is 1. The Morgan fingerprint density at radius 2 is 1.62 bits per heavy atom. The van der Waals surface area contributed by atoms with Crippen molar-refractivity contribution in [3.05, 3.63) is 78.1 Å². The molecule has 2 aromatic carbocycles. The van der Waals surface area contributed by atoms with Gasteiger partial charge in [0, 0.05) is 16.8 Å². The van der Waals surface area contributed by atoms with Crippen LogP contribution in [0.15, 0.2) is 71.1 Å². The van der Waals surface area contributed by atoms with E-state index in [9.17, 15) is 0 Å². The van der Waals surface area contributed by atoms with E-state index in [0.717, 1.165) is 29.2 Å². The van der Waals surface area contributed by atoms with Crippen LogP contribution in [0.25, 0.3) is 11.3 Å². The van der Waals surface area contributed by atoms with Gasteiger partial charge in [0.05, 0.1) is 6.04 Å².